The summed E-state index contributed by atoms with van der Waals surface area (Å²) in [6, 6.07) is 21.9. The molecule has 1 aromatic heterocycles. The van der Waals surface area contributed by atoms with Crippen molar-refractivity contribution >= 4 is 35.2 Å². The zero-order valence-corrected chi connectivity index (χ0v) is 24.5. The number of carbonyl (C=O) groups is 2. The van der Waals surface area contributed by atoms with Crippen LogP contribution in [-0.2, 0) is 11.3 Å². The molecule has 1 aliphatic carbocycles. The van der Waals surface area contributed by atoms with E-state index in [0.29, 0.717) is 29.4 Å². The highest BCUT2D eigenvalue weighted by Crippen LogP contribution is 2.30. The van der Waals surface area contributed by atoms with Gasteiger partial charge in [0.2, 0.25) is 0 Å². The summed E-state index contributed by atoms with van der Waals surface area (Å²) in [5.74, 6) is 0. The number of ether oxygens (including phenoxy) is 1. The first kappa shape index (κ1) is 29.2. The van der Waals surface area contributed by atoms with E-state index in [1.807, 2.05) is 65.4 Å². The molecule has 4 aromatic rings. The number of allylic oxidation sites excluding steroid dienone is 1. The van der Waals surface area contributed by atoms with Crippen LogP contribution in [0, 0.1) is 0 Å². The van der Waals surface area contributed by atoms with Gasteiger partial charge < -0.3 is 10.1 Å². The molecule has 0 unspecified atom stereocenters. The van der Waals surface area contributed by atoms with Gasteiger partial charge in [0.25, 0.3) is 0 Å². The third-order valence-electron chi connectivity index (χ3n) is 7.44. The Morgan fingerprint density at radius 2 is 1.76 bits per heavy atom. The fraction of sp³-hybridized carbons (Fsp3) is 0.353. The third-order valence-corrected chi connectivity index (χ3v) is 7.44. The van der Waals surface area contributed by atoms with Crippen molar-refractivity contribution in [3.05, 3.63) is 83.9 Å². The van der Waals surface area contributed by atoms with Gasteiger partial charge in [0.1, 0.15) is 17.9 Å². The van der Waals surface area contributed by atoms with E-state index in [9.17, 15) is 9.59 Å². The van der Waals surface area contributed by atoms with Crippen molar-refractivity contribution in [1.82, 2.24) is 20.3 Å². The number of hydrogen-bond acceptors (Lipinski definition) is 6. The van der Waals surface area contributed by atoms with Crippen molar-refractivity contribution in [2.45, 2.75) is 77.1 Å². The van der Waals surface area contributed by atoms with Crippen molar-refractivity contribution in [3.8, 4) is 11.1 Å². The monoisotopic (exact) mass is 565 g/mol. The molecule has 0 aliphatic heterocycles. The summed E-state index contributed by atoms with van der Waals surface area (Å²) in [6.45, 7) is 7.20. The molecule has 5 rings (SSSR count). The smallest absolute Gasteiger partial charge is 0.411 e. The second kappa shape index (κ2) is 13.1. The number of carbonyl (C=O) groups excluding carboxylic acids is 2. The minimum atomic E-state index is -0.420. The van der Waals surface area contributed by atoms with Crippen LogP contribution in [0.25, 0.3) is 28.2 Å². The fourth-order valence-electron chi connectivity index (χ4n) is 5.51. The van der Waals surface area contributed by atoms with Gasteiger partial charge in [0.05, 0.1) is 11.2 Å². The fourth-order valence-corrected chi connectivity index (χ4v) is 5.51. The molecule has 1 fully saturated rings. The second-order valence-corrected chi connectivity index (χ2v) is 11.9. The molecule has 0 saturated heterocycles. The molecular formula is C34H39N5O3. The van der Waals surface area contributed by atoms with E-state index >= 15 is 0 Å². The summed E-state index contributed by atoms with van der Waals surface area (Å²) in [5.41, 5.74) is 5.91. The van der Waals surface area contributed by atoms with E-state index in [2.05, 4.69) is 47.8 Å². The standard InChI is InChI=1S/C34H39N5O3/c1-34(2,3)36-27-14-16-28(17-15-27)42-33(41)35-30-21-24(12-18-29(30)26-10-5-4-6-11-26)9-7-8-20-39-32-19-13-25(23-40)22-31(32)37-38-39/h4-7,9-13,18-19,21-23,27-28,36H,8,14-17,20H2,1-3H3,(H,35,41)/t27-,28-. The van der Waals surface area contributed by atoms with Crippen LogP contribution in [-0.4, -0.2) is 45.1 Å². The molecule has 8 nitrogen and oxygen atoms in total. The Labute approximate surface area is 247 Å². The summed E-state index contributed by atoms with van der Waals surface area (Å²) in [7, 11) is 0. The number of nitrogens with one attached hydrogen (secondary N) is 2. The van der Waals surface area contributed by atoms with Crippen LogP contribution in [0.15, 0.2) is 72.8 Å². The molecule has 1 heterocycles. The normalized spacial score (nSPS) is 17.4. The van der Waals surface area contributed by atoms with Crippen molar-refractivity contribution in [2.24, 2.45) is 0 Å². The van der Waals surface area contributed by atoms with Gasteiger partial charge in [0.15, 0.2) is 0 Å². The van der Waals surface area contributed by atoms with Crippen LogP contribution in [0.3, 0.4) is 0 Å². The average molecular weight is 566 g/mol. The maximum Gasteiger partial charge on any atom is 0.411 e. The van der Waals surface area contributed by atoms with Crippen LogP contribution < -0.4 is 10.6 Å². The highest BCUT2D eigenvalue weighted by Gasteiger charge is 2.26. The van der Waals surface area contributed by atoms with Crippen LogP contribution >= 0.6 is 0 Å². The summed E-state index contributed by atoms with van der Waals surface area (Å²) < 4.78 is 7.70. The Bertz CT molecular complexity index is 1550. The van der Waals surface area contributed by atoms with Crippen LogP contribution in [0.2, 0.25) is 0 Å². The SMILES string of the molecule is CC(C)(C)N[C@H]1CC[C@H](OC(=O)Nc2cc(C=CCCn3nnc4cc(C=O)ccc43)ccc2-c2ccccc2)CC1. The summed E-state index contributed by atoms with van der Waals surface area (Å²) in [4.78, 5) is 24.1. The van der Waals surface area contributed by atoms with Gasteiger partial charge in [-0.1, -0.05) is 59.8 Å². The van der Waals surface area contributed by atoms with Gasteiger partial charge in [0, 0.05) is 29.3 Å². The minimum absolute atomic E-state index is 0.0794. The number of amides is 1. The second-order valence-electron chi connectivity index (χ2n) is 11.9. The highest BCUT2D eigenvalue weighted by molar-refractivity contribution is 5.92. The molecule has 0 bridgehead atoms. The van der Waals surface area contributed by atoms with Crippen LogP contribution in [0.4, 0.5) is 10.5 Å². The van der Waals surface area contributed by atoms with E-state index in [1.54, 1.807) is 12.1 Å². The number of aldehydes is 1. The molecule has 0 atom stereocenters. The molecule has 218 valence electrons. The number of anilines is 1. The van der Waals surface area contributed by atoms with E-state index in [-0.39, 0.29) is 11.6 Å². The Morgan fingerprint density at radius 3 is 2.50 bits per heavy atom. The van der Waals surface area contributed by atoms with E-state index < -0.39 is 6.09 Å². The number of aryl methyl sites for hydroxylation is 1. The zero-order valence-electron chi connectivity index (χ0n) is 24.5. The van der Waals surface area contributed by atoms with Crippen LogP contribution in [0.5, 0.6) is 0 Å². The van der Waals surface area contributed by atoms with Crippen molar-refractivity contribution in [3.63, 3.8) is 0 Å². The first-order chi connectivity index (χ1) is 20.3. The largest absolute Gasteiger partial charge is 0.446 e. The molecule has 0 radical (unpaired) electrons. The van der Waals surface area contributed by atoms with Crippen molar-refractivity contribution < 1.29 is 14.3 Å². The van der Waals surface area contributed by atoms with Gasteiger partial charge >= 0.3 is 6.09 Å². The molecule has 0 spiro atoms. The lowest BCUT2D eigenvalue weighted by molar-refractivity contribution is 0.0762. The highest BCUT2D eigenvalue weighted by atomic mass is 16.6. The number of benzene rings is 3. The van der Waals surface area contributed by atoms with Gasteiger partial charge in [-0.05, 0) is 88.3 Å². The lowest BCUT2D eigenvalue weighted by Crippen LogP contribution is -2.46. The van der Waals surface area contributed by atoms with E-state index in [0.717, 1.165) is 60.6 Å². The lowest BCUT2D eigenvalue weighted by atomic mass is 9.91. The Morgan fingerprint density at radius 1 is 1.00 bits per heavy atom. The predicted octanol–water partition coefficient (Wildman–Crippen LogP) is 7.26. The van der Waals surface area contributed by atoms with Crippen molar-refractivity contribution in [2.75, 3.05) is 5.32 Å². The van der Waals surface area contributed by atoms with Crippen LogP contribution in [0.1, 0.15) is 68.8 Å². The number of fused-ring (bicyclic) bond motifs is 1. The Balaban J connectivity index is 1.23. The topological polar surface area (TPSA) is 98.1 Å². The molecule has 1 amide bonds. The third kappa shape index (κ3) is 7.70. The van der Waals surface area contributed by atoms with Gasteiger partial charge in [-0.3, -0.25) is 10.1 Å². The summed E-state index contributed by atoms with van der Waals surface area (Å²) in [5, 5.41) is 15.1. The molecule has 3 aromatic carbocycles. The number of hydrogen-bond donors (Lipinski definition) is 2. The molecule has 2 N–H and O–H groups in total. The lowest BCUT2D eigenvalue weighted by Gasteiger charge is -2.34. The molecular weight excluding hydrogens is 526 g/mol. The van der Waals surface area contributed by atoms with E-state index in [4.69, 9.17) is 4.74 Å². The molecule has 8 heteroatoms. The number of nitrogens with zero attached hydrogens (tertiary/aromatic N) is 3. The average Bonchev–Trinajstić information content (AvgIpc) is 3.38. The number of aromatic nitrogens is 3. The molecule has 1 saturated carbocycles. The van der Waals surface area contributed by atoms with Gasteiger partial charge in [-0.25, -0.2) is 9.48 Å². The first-order valence-electron chi connectivity index (χ1n) is 14.7. The number of rotatable bonds is 9. The maximum atomic E-state index is 13.0. The van der Waals surface area contributed by atoms with Gasteiger partial charge in [-0.2, -0.15) is 0 Å². The Hall–Kier alpha value is -4.30. The Kier molecular flexibility index (Phi) is 9.12. The van der Waals surface area contributed by atoms with Gasteiger partial charge in [-0.15, -0.1) is 5.10 Å². The molecule has 42 heavy (non-hydrogen) atoms. The van der Waals surface area contributed by atoms with E-state index in [1.165, 1.54) is 0 Å². The summed E-state index contributed by atoms with van der Waals surface area (Å²) in [6.07, 6.45) is 8.87. The predicted molar refractivity (Wildman–Crippen MR) is 167 cm³/mol. The minimum Gasteiger partial charge on any atom is -0.446 e. The quantitative estimate of drug-likeness (QED) is 0.207. The summed E-state index contributed by atoms with van der Waals surface area (Å²) >= 11 is 0. The first-order valence-corrected chi connectivity index (χ1v) is 14.7. The molecule has 1 aliphatic rings. The zero-order chi connectivity index (χ0) is 29.5. The maximum absolute atomic E-state index is 13.0. The van der Waals surface area contributed by atoms with Crippen molar-refractivity contribution in [1.29, 1.82) is 0 Å².